The Kier molecular flexibility index (Phi) is 6.80. The van der Waals surface area contributed by atoms with Gasteiger partial charge in [0.15, 0.2) is 6.61 Å². The summed E-state index contributed by atoms with van der Waals surface area (Å²) in [4.78, 5) is 24.7. The lowest BCUT2D eigenvalue weighted by Crippen LogP contribution is -2.29. The number of thiophene rings is 1. The van der Waals surface area contributed by atoms with Crippen molar-refractivity contribution in [3.8, 4) is 5.75 Å². The fourth-order valence-electron chi connectivity index (χ4n) is 4.11. The first kappa shape index (κ1) is 25.1. The maximum atomic E-state index is 13.2. The molecule has 190 valence electrons. The van der Waals surface area contributed by atoms with E-state index in [0.29, 0.717) is 29.2 Å². The van der Waals surface area contributed by atoms with E-state index in [-0.39, 0.29) is 22.3 Å². The maximum Gasteiger partial charge on any atom is 0.348 e. The molecular weight excluding hydrogens is 536 g/mol. The maximum absolute atomic E-state index is 13.2. The zero-order valence-electron chi connectivity index (χ0n) is 19.6. The number of nitrogens with one attached hydrogen (secondary N) is 1. The molecule has 0 aliphatic carbocycles. The minimum atomic E-state index is -3.80. The van der Waals surface area contributed by atoms with Gasteiger partial charge in [-0.05, 0) is 65.9 Å². The number of benzene rings is 3. The zero-order valence-corrected chi connectivity index (χ0v) is 22.0. The number of ether oxygens (including phenoxy) is 2. The molecule has 0 unspecified atom stereocenters. The van der Waals surface area contributed by atoms with E-state index in [9.17, 15) is 18.0 Å². The SMILES string of the molecule is COC(=O)c1cc2cc(NC(=O)COc3ccc(S(=O)(=O)N4CCc5ccccc54)cc3Cl)ccc2s1. The van der Waals surface area contributed by atoms with Crippen LogP contribution < -0.4 is 14.4 Å². The van der Waals surface area contributed by atoms with Gasteiger partial charge in [0.2, 0.25) is 0 Å². The molecule has 8 nitrogen and oxygen atoms in total. The number of sulfonamides is 1. The molecule has 1 N–H and O–H groups in total. The third kappa shape index (κ3) is 5.00. The molecule has 37 heavy (non-hydrogen) atoms. The Labute approximate surface area is 222 Å². The van der Waals surface area contributed by atoms with Crippen LogP contribution in [0.4, 0.5) is 11.4 Å². The van der Waals surface area contributed by atoms with Gasteiger partial charge in [-0.25, -0.2) is 13.2 Å². The van der Waals surface area contributed by atoms with Crippen LogP contribution in [0.1, 0.15) is 15.2 Å². The molecule has 11 heteroatoms. The minimum absolute atomic E-state index is 0.0430. The second kappa shape index (κ2) is 10.0. The summed E-state index contributed by atoms with van der Waals surface area (Å²) in [5.41, 5.74) is 2.18. The van der Waals surface area contributed by atoms with Crippen LogP contribution in [0.15, 0.2) is 71.6 Å². The monoisotopic (exact) mass is 556 g/mol. The van der Waals surface area contributed by atoms with Gasteiger partial charge in [0.1, 0.15) is 10.6 Å². The van der Waals surface area contributed by atoms with Crippen molar-refractivity contribution in [2.75, 3.05) is 29.9 Å². The van der Waals surface area contributed by atoms with Crippen molar-refractivity contribution in [2.24, 2.45) is 0 Å². The lowest BCUT2D eigenvalue weighted by atomic mass is 10.2. The Hall–Kier alpha value is -3.60. The van der Waals surface area contributed by atoms with Crippen LogP contribution in [0.25, 0.3) is 10.1 Å². The Bertz CT molecular complexity index is 1630. The standard InChI is InChI=1S/C26H21ClN2O6S2/c1-34-26(31)24-13-17-12-18(6-9-23(17)36-24)28-25(30)15-35-22-8-7-19(14-20(22)27)37(32,33)29-11-10-16-4-2-3-5-21(16)29/h2-9,12-14H,10-11,15H2,1H3,(H,28,30). The van der Waals surface area contributed by atoms with Crippen molar-refractivity contribution in [3.63, 3.8) is 0 Å². The highest BCUT2D eigenvalue weighted by molar-refractivity contribution is 7.92. The van der Waals surface area contributed by atoms with Gasteiger partial charge >= 0.3 is 5.97 Å². The van der Waals surface area contributed by atoms with Gasteiger partial charge in [0.25, 0.3) is 15.9 Å². The Morgan fingerprint density at radius 2 is 1.89 bits per heavy atom. The molecule has 4 aromatic rings. The predicted octanol–water partition coefficient (Wildman–Crippen LogP) is 5.11. The van der Waals surface area contributed by atoms with E-state index in [1.807, 2.05) is 12.1 Å². The molecule has 0 radical (unpaired) electrons. The summed E-state index contributed by atoms with van der Waals surface area (Å²) < 4.78 is 39.0. The van der Waals surface area contributed by atoms with Crippen LogP contribution in [-0.2, 0) is 26.0 Å². The van der Waals surface area contributed by atoms with Crippen LogP contribution in [0.5, 0.6) is 5.75 Å². The number of para-hydroxylation sites is 1. The highest BCUT2D eigenvalue weighted by atomic mass is 35.5. The lowest BCUT2D eigenvalue weighted by Gasteiger charge is -2.20. The first-order valence-corrected chi connectivity index (χ1v) is 13.8. The Balaban J connectivity index is 1.24. The molecule has 2 heterocycles. The van der Waals surface area contributed by atoms with E-state index in [4.69, 9.17) is 21.1 Å². The van der Waals surface area contributed by atoms with Crippen LogP contribution in [0, 0.1) is 0 Å². The number of hydrogen-bond donors (Lipinski definition) is 1. The third-order valence-corrected chi connectivity index (χ3v) is 9.08. The number of carbonyl (C=O) groups excluding carboxylic acids is 2. The fourth-order valence-corrected chi connectivity index (χ4v) is 6.90. The molecule has 1 aliphatic heterocycles. The number of anilines is 2. The summed E-state index contributed by atoms with van der Waals surface area (Å²) in [6.45, 7) is 0.0271. The summed E-state index contributed by atoms with van der Waals surface area (Å²) in [6.07, 6.45) is 0.644. The van der Waals surface area contributed by atoms with E-state index in [0.717, 1.165) is 15.6 Å². The molecular formula is C26H21ClN2O6S2. The van der Waals surface area contributed by atoms with Crippen LogP contribution in [0.3, 0.4) is 0 Å². The molecule has 0 saturated carbocycles. The van der Waals surface area contributed by atoms with Gasteiger partial charge < -0.3 is 14.8 Å². The van der Waals surface area contributed by atoms with Gasteiger partial charge in [-0.15, -0.1) is 11.3 Å². The molecule has 5 rings (SSSR count). The number of esters is 1. The number of carbonyl (C=O) groups is 2. The van der Waals surface area contributed by atoms with Crippen molar-refractivity contribution in [1.82, 2.24) is 0 Å². The highest BCUT2D eigenvalue weighted by Crippen LogP contribution is 2.35. The average molecular weight is 557 g/mol. The van der Waals surface area contributed by atoms with E-state index in [1.54, 1.807) is 36.4 Å². The van der Waals surface area contributed by atoms with Crippen LogP contribution >= 0.6 is 22.9 Å². The molecule has 0 spiro atoms. The first-order chi connectivity index (χ1) is 17.8. The summed E-state index contributed by atoms with van der Waals surface area (Å²) in [7, 11) is -2.48. The summed E-state index contributed by atoms with van der Waals surface area (Å²) in [5, 5.41) is 3.61. The molecule has 0 saturated heterocycles. The fraction of sp³-hybridized carbons (Fsp3) is 0.154. The number of rotatable bonds is 7. The second-order valence-corrected chi connectivity index (χ2v) is 11.6. The van der Waals surface area contributed by atoms with E-state index in [1.165, 1.54) is 41.0 Å². The summed E-state index contributed by atoms with van der Waals surface area (Å²) in [6, 6.07) is 18.5. The summed E-state index contributed by atoms with van der Waals surface area (Å²) in [5.74, 6) is -0.654. The van der Waals surface area contributed by atoms with Crippen molar-refractivity contribution < 1.29 is 27.5 Å². The number of nitrogens with zero attached hydrogens (tertiary/aromatic N) is 1. The van der Waals surface area contributed by atoms with Crippen molar-refractivity contribution in [3.05, 3.63) is 82.2 Å². The largest absolute Gasteiger partial charge is 0.482 e. The second-order valence-electron chi connectivity index (χ2n) is 8.24. The minimum Gasteiger partial charge on any atom is -0.482 e. The number of halogens is 1. The predicted molar refractivity (Wildman–Crippen MR) is 143 cm³/mol. The molecule has 1 aromatic heterocycles. The Morgan fingerprint density at radius 1 is 1.08 bits per heavy atom. The van der Waals surface area contributed by atoms with Gasteiger partial charge in [-0.1, -0.05) is 29.8 Å². The smallest absolute Gasteiger partial charge is 0.348 e. The van der Waals surface area contributed by atoms with Gasteiger partial charge in [0.05, 0.1) is 22.7 Å². The van der Waals surface area contributed by atoms with Crippen LogP contribution in [0.2, 0.25) is 5.02 Å². The normalized spacial score (nSPS) is 12.9. The van der Waals surface area contributed by atoms with Crippen LogP contribution in [-0.4, -0.2) is 40.6 Å². The lowest BCUT2D eigenvalue weighted by molar-refractivity contribution is -0.118. The van der Waals surface area contributed by atoms with Crippen molar-refractivity contribution in [1.29, 1.82) is 0 Å². The van der Waals surface area contributed by atoms with Crippen molar-refractivity contribution >= 4 is 66.3 Å². The summed E-state index contributed by atoms with van der Waals surface area (Å²) >= 11 is 7.62. The quantitative estimate of drug-likeness (QED) is 0.317. The Morgan fingerprint density at radius 3 is 2.68 bits per heavy atom. The third-order valence-electron chi connectivity index (χ3n) is 5.88. The first-order valence-electron chi connectivity index (χ1n) is 11.2. The number of fused-ring (bicyclic) bond motifs is 2. The average Bonchev–Trinajstić information content (AvgIpc) is 3.52. The molecule has 1 aliphatic rings. The van der Waals surface area contributed by atoms with E-state index < -0.39 is 21.9 Å². The molecule has 0 atom stereocenters. The number of hydrogen-bond acceptors (Lipinski definition) is 7. The van der Waals surface area contributed by atoms with E-state index in [2.05, 4.69) is 5.32 Å². The number of amides is 1. The van der Waals surface area contributed by atoms with Gasteiger partial charge in [-0.2, -0.15) is 0 Å². The molecule has 3 aromatic carbocycles. The molecule has 1 amide bonds. The molecule has 0 fully saturated rings. The zero-order chi connectivity index (χ0) is 26.2. The highest BCUT2D eigenvalue weighted by Gasteiger charge is 2.31. The van der Waals surface area contributed by atoms with E-state index >= 15 is 0 Å². The molecule has 0 bridgehead atoms. The van der Waals surface area contributed by atoms with Gasteiger partial charge in [-0.3, -0.25) is 9.10 Å². The topological polar surface area (TPSA) is 102 Å². The van der Waals surface area contributed by atoms with Gasteiger partial charge in [0, 0.05) is 16.9 Å². The number of methoxy groups -OCH3 is 1. The van der Waals surface area contributed by atoms with Crippen molar-refractivity contribution in [2.45, 2.75) is 11.3 Å².